The lowest BCUT2D eigenvalue weighted by Crippen LogP contribution is -2.48. The van der Waals surface area contributed by atoms with Crippen LogP contribution in [-0.4, -0.2) is 15.0 Å². The molecule has 0 spiro atoms. The highest BCUT2D eigenvalue weighted by Gasteiger charge is 2.32. The lowest BCUT2D eigenvalue weighted by Gasteiger charge is -2.31. The number of aryl methyl sites for hydroxylation is 3. The Kier molecular flexibility index (Phi) is 5.70. The van der Waals surface area contributed by atoms with E-state index >= 15 is 0 Å². The summed E-state index contributed by atoms with van der Waals surface area (Å²) in [5.41, 5.74) is 10.0. The van der Waals surface area contributed by atoms with E-state index in [1.165, 1.54) is 0 Å². The Labute approximate surface area is 167 Å². The molecule has 0 aliphatic carbocycles. The maximum atomic E-state index is 13.1. The summed E-state index contributed by atoms with van der Waals surface area (Å²) in [5, 5.41) is 0. The van der Waals surface area contributed by atoms with Crippen LogP contribution in [0.2, 0.25) is 0 Å². The Bertz CT molecular complexity index is 1000. The SMILES string of the molecule is Cc1cc(C)c(S(=O)(=O)NCC(N)(c2ccccc2)c2ccccc2)c(C)c1. The van der Waals surface area contributed by atoms with Crippen molar-refractivity contribution in [2.75, 3.05) is 6.54 Å². The number of hydrogen-bond acceptors (Lipinski definition) is 3. The molecule has 0 amide bonds. The van der Waals surface area contributed by atoms with Crippen molar-refractivity contribution in [1.29, 1.82) is 0 Å². The van der Waals surface area contributed by atoms with Crippen LogP contribution in [0, 0.1) is 20.8 Å². The van der Waals surface area contributed by atoms with Gasteiger partial charge in [-0.15, -0.1) is 0 Å². The van der Waals surface area contributed by atoms with Crippen molar-refractivity contribution in [2.45, 2.75) is 31.2 Å². The smallest absolute Gasteiger partial charge is 0.241 e. The molecule has 28 heavy (non-hydrogen) atoms. The molecule has 0 heterocycles. The van der Waals surface area contributed by atoms with Crippen LogP contribution in [0.5, 0.6) is 0 Å². The van der Waals surface area contributed by atoms with Gasteiger partial charge in [-0.3, -0.25) is 0 Å². The summed E-state index contributed by atoms with van der Waals surface area (Å²) in [6, 6.07) is 22.9. The summed E-state index contributed by atoms with van der Waals surface area (Å²) in [5.74, 6) is 0. The molecule has 5 heteroatoms. The maximum Gasteiger partial charge on any atom is 0.241 e. The zero-order valence-electron chi connectivity index (χ0n) is 16.4. The van der Waals surface area contributed by atoms with Gasteiger partial charge in [0.15, 0.2) is 0 Å². The van der Waals surface area contributed by atoms with Gasteiger partial charge in [0.2, 0.25) is 10.0 Å². The fraction of sp³-hybridized carbons (Fsp3) is 0.217. The van der Waals surface area contributed by atoms with E-state index < -0.39 is 15.6 Å². The first-order valence-corrected chi connectivity index (χ1v) is 10.7. The van der Waals surface area contributed by atoms with Gasteiger partial charge in [0.1, 0.15) is 0 Å². The quantitative estimate of drug-likeness (QED) is 0.668. The lowest BCUT2D eigenvalue weighted by molar-refractivity contribution is 0.510. The average Bonchev–Trinajstić information content (AvgIpc) is 2.66. The molecular weight excluding hydrogens is 368 g/mol. The van der Waals surface area contributed by atoms with Crippen molar-refractivity contribution in [2.24, 2.45) is 5.73 Å². The second kappa shape index (κ2) is 7.87. The predicted molar refractivity (Wildman–Crippen MR) is 114 cm³/mol. The van der Waals surface area contributed by atoms with Gasteiger partial charge >= 0.3 is 0 Å². The summed E-state index contributed by atoms with van der Waals surface area (Å²) in [4.78, 5) is 0.321. The summed E-state index contributed by atoms with van der Waals surface area (Å²) in [6.45, 7) is 5.65. The Morgan fingerprint density at radius 3 is 1.68 bits per heavy atom. The van der Waals surface area contributed by atoms with Crippen LogP contribution >= 0.6 is 0 Å². The van der Waals surface area contributed by atoms with Gasteiger partial charge in [0.25, 0.3) is 0 Å². The van der Waals surface area contributed by atoms with E-state index in [0.717, 1.165) is 27.8 Å². The zero-order valence-corrected chi connectivity index (χ0v) is 17.3. The van der Waals surface area contributed by atoms with Gasteiger partial charge in [-0.25, -0.2) is 13.1 Å². The summed E-state index contributed by atoms with van der Waals surface area (Å²) >= 11 is 0. The third-order valence-corrected chi connectivity index (χ3v) is 6.70. The molecule has 3 N–H and O–H groups in total. The van der Waals surface area contributed by atoms with E-state index in [2.05, 4.69) is 4.72 Å². The van der Waals surface area contributed by atoms with E-state index in [4.69, 9.17) is 5.73 Å². The molecule has 0 unspecified atom stereocenters. The van der Waals surface area contributed by atoms with Crippen molar-refractivity contribution in [3.8, 4) is 0 Å². The van der Waals surface area contributed by atoms with E-state index in [9.17, 15) is 8.42 Å². The highest BCUT2D eigenvalue weighted by atomic mass is 32.2. The van der Waals surface area contributed by atoms with Crippen LogP contribution in [-0.2, 0) is 15.6 Å². The lowest BCUT2D eigenvalue weighted by atomic mass is 9.84. The van der Waals surface area contributed by atoms with Crippen molar-refractivity contribution in [3.63, 3.8) is 0 Å². The predicted octanol–water partition coefficient (Wildman–Crippen LogP) is 3.79. The number of benzene rings is 3. The normalized spacial score (nSPS) is 12.1. The molecule has 4 nitrogen and oxygen atoms in total. The molecule has 3 aromatic carbocycles. The van der Waals surface area contributed by atoms with Crippen molar-refractivity contribution >= 4 is 10.0 Å². The topological polar surface area (TPSA) is 72.2 Å². The highest BCUT2D eigenvalue weighted by molar-refractivity contribution is 7.89. The standard InChI is InChI=1S/C23H26N2O2S/c1-17-14-18(2)22(19(3)15-17)28(26,27)25-16-23(24,20-10-6-4-7-11-20)21-12-8-5-9-13-21/h4-15,25H,16,24H2,1-3H3. The second-order valence-corrected chi connectivity index (χ2v) is 8.96. The van der Waals surface area contributed by atoms with Crippen LogP contribution in [0.1, 0.15) is 27.8 Å². The second-order valence-electron chi connectivity index (χ2n) is 7.26. The fourth-order valence-corrected chi connectivity index (χ4v) is 5.24. The monoisotopic (exact) mass is 394 g/mol. The Hall–Kier alpha value is -2.47. The first kappa shape index (κ1) is 20.3. The molecule has 0 aliphatic heterocycles. The van der Waals surface area contributed by atoms with E-state index in [1.807, 2.05) is 93.6 Å². The number of nitrogens with two attached hydrogens (primary N) is 1. The molecule has 0 saturated heterocycles. The number of nitrogens with one attached hydrogen (secondary N) is 1. The van der Waals surface area contributed by atoms with Crippen LogP contribution < -0.4 is 10.5 Å². The Morgan fingerprint density at radius 2 is 1.25 bits per heavy atom. The molecular formula is C23H26N2O2S. The van der Waals surface area contributed by atoms with Crippen LogP contribution in [0.15, 0.2) is 77.7 Å². The minimum absolute atomic E-state index is 0.0517. The molecule has 0 aliphatic rings. The first-order chi connectivity index (χ1) is 13.2. The number of sulfonamides is 1. The number of hydrogen-bond donors (Lipinski definition) is 2. The summed E-state index contributed by atoms with van der Waals surface area (Å²) in [6.07, 6.45) is 0. The molecule has 3 aromatic rings. The Balaban J connectivity index is 2.00. The maximum absolute atomic E-state index is 13.1. The van der Waals surface area contributed by atoms with Crippen LogP contribution in [0.4, 0.5) is 0 Å². The van der Waals surface area contributed by atoms with Crippen molar-refractivity contribution in [1.82, 2.24) is 4.72 Å². The molecule has 0 aromatic heterocycles. The average molecular weight is 395 g/mol. The van der Waals surface area contributed by atoms with Crippen LogP contribution in [0.25, 0.3) is 0 Å². The fourth-order valence-electron chi connectivity index (χ4n) is 3.71. The largest absolute Gasteiger partial charge is 0.317 e. The van der Waals surface area contributed by atoms with E-state index in [-0.39, 0.29) is 6.54 Å². The van der Waals surface area contributed by atoms with E-state index in [0.29, 0.717) is 4.90 Å². The van der Waals surface area contributed by atoms with Gasteiger partial charge in [0, 0.05) is 6.54 Å². The minimum atomic E-state index is -3.72. The van der Waals surface area contributed by atoms with Gasteiger partial charge in [-0.05, 0) is 43.0 Å². The van der Waals surface area contributed by atoms with Gasteiger partial charge in [0.05, 0.1) is 10.4 Å². The van der Waals surface area contributed by atoms with Gasteiger partial charge < -0.3 is 5.73 Å². The van der Waals surface area contributed by atoms with Gasteiger partial charge in [-0.2, -0.15) is 0 Å². The van der Waals surface area contributed by atoms with Gasteiger partial charge in [-0.1, -0.05) is 78.4 Å². The molecule has 146 valence electrons. The van der Waals surface area contributed by atoms with Crippen molar-refractivity contribution < 1.29 is 8.42 Å². The summed E-state index contributed by atoms with van der Waals surface area (Å²) < 4.78 is 29.0. The van der Waals surface area contributed by atoms with E-state index in [1.54, 1.807) is 0 Å². The van der Waals surface area contributed by atoms with Crippen LogP contribution in [0.3, 0.4) is 0 Å². The zero-order chi connectivity index (χ0) is 20.4. The third kappa shape index (κ3) is 4.02. The van der Waals surface area contributed by atoms with Crippen molar-refractivity contribution in [3.05, 3.63) is 101 Å². The molecule has 0 saturated carbocycles. The molecule has 0 radical (unpaired) electrons. The molecule has 0 fully saturated rings. The highest BCUT2D eigenvalue weighted by Crippen LogP contribution is 2.28. The molecule has 0 atom stereocenters. The summed E-state index contributed by atoms with van der Waals surface area (Å²) in [7, 11) is -3.72. The number of rotatable bonds is 6. The first-order valence-electron chi connectivity index (χ1n) is 9.21. The minimum Gasteiger partial charge on any atom is -0.317 e. The third-order valence-electron chi connectivity index (χ3n) is 4.99. The molecule has 3 rings (SSSR count). The Morgan fingerprint density at radius 1 is 0.821 bits per heavy atom. The molecule has 0 bridgehead atoms.